The molecule has 0 saturated carbocycles. The maximum Gasteiger partial charge on any atom is 0.125 e. The third-order valence-electron chi connectivity index (χ3n) is 2.73. The van der Waals surface area contributed by atoms with Gasteiger partial charge in [0, 0.05) is 16.6 Å². The van der Waals surface area contributed by atoms with Crippen LogP contribution in [-0.2, 0) is 6.54 Å². The van der Waals surface area contributed by atoms with E-state index < -0.39 is 0 Å². The minimum absolute atomic E-state index is 0.344. The summed E-state index contributed by atoms with van der Waals surface area (Å²) >= 11 is 3.42. The van der Waals surface area contributed by atoms with Crippen LogP contribution >= 0.6 is 15.9 Å². The largest absolute Gasteiger partial charge is 0.496 e. The molecule has 0 saturated heterocycles. The summed E-state index contributed by atoms with van der Waals surface area (Å²) in [5, 5.41) is 3.17. The van der Waals surface area contributed by atoms with Gasteiger partial charge in [0.15, 0.2) is 0 Å². The summed E-state index contributed by atoms with van der Waals surface area (Å²) in [6, 6.07) is 10.0. The monoisotopic (exact) mass is 324 g/mol. The molecule has 0 unspecified atom stereocenters. The van der Waals surface area contributed by atoms with Crippen molar-refractivity contribution in [2.24, 2.45) is 0 Å². The Kier molecular flexibility index (Phi) is 4.27. The number of methoxy groups -OCH3 is 1. The smallest absolute Gasteiger partial charge is 0.125 e. The van der Waals surface area contributed by atoms with Crippen molar-refractivity contribution in [2.75, 3.05) is 18.2 Å². The van der Waals surface area contributed by atoms with Gasteiger partial charge in [-0.05, 0) is 36.4 Å². The molecule has 2 aromatic carbocycles. The molecule has 3 N–H and O–H groups in total. The highest BCUT2D eigenvalue weighted by Crippen LogP contribution is 2.25. The minimum atomic E-state index is -0.344. The molecule has 0 aromatic heterocycles. The number of nitrogens with two attached hydrogens (primary N) is 1. The van der Waals surface area contributed by atoms with E-state index in [1.807, 2.05) is 18.2 Å². The maximum absolute atomic E-state index is 12.9. The summed E-state index contributed by atoms with van der Waals surface area (Å²) in [5.41, 5.74) is 7.81. The van der Waals surface area contributed by atoms with Crippen molar-refractivity contribution >= 4 is 27.3 Å². The van der Waals surface area contributed by atoms with Crippen LogP contribution in [0.2, 0.25) is 0 Å². The maximum atomic E-state index is 12.9. The number of hydrogen-bond acceptors (Lipinski definition) is 3. The highest BCUT2D eigenvalue weighted by atomic mass is 79.9. The number of benzene rings is 2. The van der Waals surface area contributed by atoms with Gasteiger partial charge in [0.2, 0.25) is 0 Å². The van der Waals surface area contributed by atoms with E-state index in [0.29, 0.717) is 17.9 Å². The van der Waals surface area contributed by atoms with E-state index in [1.165, 1.54) is 12.1 Å². The molecule has 0 heterocycles. The van der Waals surface area contributed by atoms with Gasteiger partial charge >= 0.3 is 0 Å². The summed E-state index contributed by atoms with van der Waals surface area (Å²) in [5.74, 6) is 0.444. The Morgan fingerprint density at radius 2 is 2.05 bits per heavy atom. The lowest BCUT2D eigenvalue weighted by molar-refractivity contribution is 0.410. The molecule has 0 aliphatic carbocycles. The van der Waals surface area contributed by atoms with E-state index in [9.17, 15) is 4.39 Å². The van der Waals surface area contributed by atoms with E-state index in [4.69, 9.17) is 10.5 Å². The third-order valence-corrected chi connectivity index (χ3v) is 3.22. The normalized spacial score (nSPS) is 10.3. The summed E-state index contributed by atoms with van der Waals surface area (Å²) in [6.45, 7) is 0.540. The third kappa shape index (κ3) is 3.38. The van der Waals surface area contributed by atoms with Crippen LogP contribution < -0.4 is 15.8 Å². The number of rotatable bonds is 4. The number of anilines is 2. The van der Waals surface area contributed by atoms with Crippen LogP contribution in [0.5, 0.6) is 5.75 Å². The first-order valence-electron chi connectivity index (χ1n) is 5.71. The first kappa shape index (κ1) is 13.7. The summed E-state index contributed by atoms with van der Waals surface area (Å²) in [4.78, 5) is 0. The lowest BCUT2D eigenvalue weighted by Crippen LogP contribution is -2.04. The molecule has 0 spiro atoms. The summed E-state index contributed by atoms with van der Waals surface area (Å²) in [7, 11) is 1.62. The van der Waals surface area contributed by atoms with Crippen LogP contribution in [0.4, 0.5) is 15.8 Å². The Bertz CT molecular complexity index is 590. The average Bonchev–Trinajstić information content (AvgIpc) is 2.38. The Morgan fingerprint density at radius 1 is 1.26 bits per heavy atom. The van der Waals surface area contributed by atoms with Gasteiger partial charge in [-0.15, -0.1) is 0 Å². The number of halogens is 2. The van der Waals surface area contributed by atoms with Crippen molar-refractivity contribution in [1.82, 2.24) is 0 Å². The van der Waals surface area contributed by atoms with E-state index in [0.717, 1.165) is 15.8 Å². The number of nitrogens with one attached hydrogen (secondary N) is 1. The van der Waals surface area contributed by atoms with Gasteiger partial charge in [0.25, 0.3) is 0 Å². The molecule has 0 bridgehead atoms. The lowest BCUT2D eigenvalue weighted by atomic mass is 10.2. The molecule has 2 aromatic rings. The molecule has 0 atom stereocenters. The van der Waals surface area contributed by atoms with Crippen LogP contribution in [-0.4, -0.2) is 7.11 Å². The SMILES string of the molecule is COc1ccc(Br)cc1CNc1ccc(F)cc1N. The quantitative estimate of drug-likeness (QED) is 0.841. The molecule has 100 valence electrons. The van der Waals surface area contributed by atoms with Crippen molar-refractivity contribution in [3.8, 4) is 5.75 Å². The second-order valence-electron chi connectivity index (χ2n) is 4.04. The van der Waals surface area contributed by atoms with E-state index in [2.05, 4.69) is 21.2 Å². The molecule has 19 heavy (non-hydrogen) atoms. The van der Waals surface area contributed by atoms with Crippen LogP contribution in [0, 0.1) is 5.82 Å². The van der Waals surface area contributed by atoms with Crippen molar-refractivity contribution in [1.29, 1.82) is 0 Å². The van der Waals surface area contributed by atoms with Crippen molar-refractivity contribution in [3.05, 3.63) is 52.3 Å². The first-order chi connectivity index (χ1) is 9.10. The fourth-order valence-electron chi connectivity index (χ4n) is 1.77. The Labute approximate surface area is 119 Å². The van der Waals surface area contributed by atoms with Gasteiger partial charge in [0.1, 0.15) is 11.6 Å². The Balaban J connectivity index is 2.16. The highest BCUT2D eigenvalue weighted by molar-refractivity contribution is 9.10. The summed E-state index contributed by atoms with van der Waals surface area (Å²) < 4.78 is 19.2. The zero-order valence-corrected chi connectivity index (χ0v) is 12.0. The lowest BCUT2D eigenvalue weighted by Gasteiger charge is -2.12. The summed E-state index contributed by atoms with van der Waals surface area (Å²) in [6.07, 6.45) is 0. The first-order valence-corrected chi connectivity index (χ1v) is 6.51. The fraction of sp³-hybridized carbons (Fsp3) is 0.143. The standard InChI is InChI=1S/C14H14BrFN2O/c1-19-14-5-2-10(15)6-9(14)8-18-13-4-3-11(16)7-12(13)17/h2-7,18H,8,17H2,1H3. The van der Waals surface area contributed by atoms with Crippen LogP contribution in [0.25, 0.3) is 0 Å². The predicted octanol–water partition coefficient (Wildman–Crippen LogP) is 3.79. The molecular weight excluding hydrogens is 311 g/mol. The minimum Gasteiger partial charge on any atom is -0.496 e. The Morgan fingerprint density at radius 3 is 2.74 bits per heavy atom. The second kappa shape index (κ2) is 5.93. The average molecular weight is 325 g/mol. The second-order valence-corrected chi connectivity index (χ2v) is 4.96. The molecule has 2 rings (SSSR count). The molecule has 0 aliphatic rings. The zero-order valence-electron chi connectivity index (χ0n) is 10.4. The van der Waals surface area contributed by atoms with Gasteiger partial charge in [0.05, 0.1) is 18.5 Å². The molecular formula is C14H14BrFN2O. The van der Waals surface area contributed by atoms with E-state index in [1.54, 1.807) is 13.2 Å². The van der Waals surface area contributed by atoms with Gasteiger partial charge in [-0.1, -0.05) is 15.9 Å². The van der Waals surface area contributed by atoms with Crippen molar-refractivity contribution < 1.29 is 9.13 Å². The van der Waals surface area contributed by atoms with Gasteiger partial charge in [-0.2, -0.15) is 0 Å². The van der Waals surface area contributed by atoms with E-state index >= 15 is 0 Å². The fourth-order valence-corrected chi connectivity index (χ4v) is 2.18. The molecule has 3 nitrogen and oxygen atoms in total. The van der Waals surface area contributed by atoms with Gasteiger partial charge in [-0.25, -0.2) is 4.39 Å². The van der Waals surface area contributed by atoms with Gasteiger partial charge < -0.3 is 15.8 Å². The number of hydrogen-bond donors (Lipinski definition) is 2. The molecule has 5 heteroatoms. The number of nitrogen functional groups attached to an aromatic ring is 1. The molecule has 0 aliphatic heterocycles. The highest BCUT2D eigenvalue weighted by Gasteiger charge is 2.05. The predicted molar refractivity (Wildman–Crippen MR) is 78.8 cm³/mol. The van der Waals surface area contributed by atoms with Crippen LogP contribution in [0.3, 0.4) is 0 Å². The zero-order chi connectivity index (χ0) is 13.8. The van der Waals surface area contributed by atoms with E-state index in [-0.39, 0.29) is 5.82 Å². The molecule has 0 fully saturated rings. The topological polar surface area (TPSA) is 47.3 Å². The van der Waals surface area contributed by atoms with Crippen molar-refractivity contribution in [3.63, 3.8) is 0 Å². The van der Waals surface area contributed by atoms with Crippen molar-refractivity contribution in [2.45, 2.75) is 6.54 Å². The van der Waals surface area contributed by atoms with Gasteiger partial charge in [-0.3, -0.25) is 0 Å². The van der Waals surface area contributed by atoms with Crippen LogP contribution in [0.15, 0.2) is 40.9 Å². The molecule has 0 amide bonds. The Hall–Kier alpha value is -1.75. The molecule has 0 radical (unpaired) electrons. The van der Waals surface area contributed by atoms with Crippen LogP contribution in [0.1, 0.15) is 5.56 Å². The number of ether oxygens (including phenoxy) is 1.